The first-order valence-electron chi connectivity index (χ1n) is 6.04. The number of hydrogen-bond donors (Lipinski definition) is 4. The number of nitrogen functional groups attached to an aromatic ring is 1. The fraction of sp³-hybridized carbons (Fsp3) is 0.385. The Morgan fingerprint density at radius 1 is 1.56 bits per heavy atom. The van der Waals surface area contributed by atoms with Crippen molar-refractivity contribution in [1.82, 2.24) is 0 Å². The third-order valence-electron chi connectivity index (χ3n) is 2.77. The van der Waals surface area contributed by atoms with Crippen LogP contribution in [0.5, 0.6) is 0 Å². The molecule has 98 valence electrons. The number of unbranched alkanes of at least 4 members (excludes halogenated alkanes) is 1. The lowest BCUT2D eigenvalue weighted by atomic mass is 10.1. The van der Waals surface area contributed by atoms with E-state index >= 15 is 0 Å². The molecule has 0 aliphatic carbocycles. The number of primary amides is 1. The molecule has 5 nitrogen and oxygen atoms in total. The molecule has 0 bridgehead atoms. The molecule has 1 unspecified atom stereocenters. The highest BCUT2D eigenvalue weighted by Gasteiger charge is 2.14. The normalized spacial score (nSPS) is 11.8. The number of benzene rings is 1. The topological polar surface area (TPSA) is 105 Å². The molecule has 0 radical (unpaired) electrons. The average Bonchev–Trinajstić information content (AvgIpc) is 2.36. The van der Waals surface area contributed by atoms with Gasteiger partial charge in [-0.25, -0.2) is 0 Å². The van der Waals surface area contributed by atoms with Crippen LogP contribution in [0.3, 0.4) is 0 Å². The Morgan fingerprint density at radius 3 is 2.83 bits per heavy atom. The number of rotatable bonds is 7. The summed E-state index contributed by atoms with van der Waals surface area (Å²) in [7, 11) is 0. The Hall–Kier alpha value is -2.04. The van der Waals surface area contributed by atoms with Crippen LogP contribution in [0, 0.1) is 5.41 Å². The predicted octanol–water partition coefficient (Wildman–Crippen LogP) is 1.72. The van der Waals surface area contributed by atoms with E-state index in [0.29, 0.717) is 17.7 Å². The van der Waals surface area contributed by atoms with Gasteiger partial charge in [-0.05, 0) is 24.6 Å². The molecule has 0 aromatic heterocycles. The van der Waals surface area contributed by atoms with Crippen molar-refractivity contribution in [3.05, 3.63) is 23.8 Å². The van der Waals surface area contributed by atoms with E-state index in [9.17, 15) is 4.79 Å². The van der Waals surface area contributed by atoms with Gasteiger partial charge in [-0.3, -0.25) is 4.79 Å². The fourth-order valence-electron chi connectivity index (χ4n) is 1.68. The number of nitrogens with two attached hydrogens (primary N) is 2. The second-order valence-corrected chi connectivity index (χ2v) is 4.23. The van der Waals surface area contributed by atoms with Crippen LogP contribution in [0.15, 0.2) is 18.2 Å². The molecule has 0 aliphatic heterocycles. The number of carbonyl (C=O) groups is 1. The zero-order valence-corrected chi connectivity index (χ0v) is 10.6. The molecular weight excluding hydrogens is 228 g/mol. The Labute approximate surface area is 107 Å². The van der Waals surface area contributed by atoms with Crippen LogP contribution in [0.4, 0.5) is 11.4 Å². The zero-order valence-electron chi connectivity index (χ0n) is 10.6. The van der Waals surface area contributed by atoms with Crippen LogP contribution in [-0.2, 0) is 4.79 Å². The summed E-state index contributed by atoms with van der Waals surface area (Å²) in [6, 6.07) is 4.85. The van der Waals surface area contributed by atoms with E-state index in [2.05, 4.69) is 12.2 Å². The minimum atomic E-state index is -0.382. The maximum Gasteiger partial charge on any atom is 0.239 e. The van der Waals surface area contributed by atoms with Gasteiger partial charge in [0, 0.05) is 23.2 Å². The molecule has 0 aliphatic rings. The van der Waals surface area contributed by atoms with Crippen molar-refractivity contribution >= 4 is 23.5 Å². The quantitative estimate of drug-likeness (QED) is 0.436. The molecule has 1 rings (SSSR count). The van der Waals surface area contributed by atoms with E-state index in [1.54, 1.807) is 18.2 Å². The first-order valence-corrected chi connectivity index (χ1v) is 6.04. The van der Waals surface area contributed by atoms with E-state index in [-0.39, 0.29) is 11.9 Å². The summed E-state index contributed by atoms with van der Waals surface area (Å²) in [6.45, 7) is 2.06. The van der Waals surface area contributed by atoms with Crippen molar-refractivity contribution in [3.8, 4) is 0 Å². The molecule has 1 aromatic rings. The van der Waals surface area contributed by atoms with Gasteiger partial charge in [0.05, 0.1) is 0 Å². The average molecular weight is 248 g/mol. The Kier molecular flexibility index (Phi) is 5.17. The molecule has 1 aromatic carbocycles. The molecule has 6 N–H and O–H groups in total. The maximum atomic E-state index is 11.3. The molecule has 5 heteroatoms. The predicted molar refractivity (Wildman–Crippen MR) is 74.9 cm³/mol. The van der Waals surface area contributed by atoms with E-state index in [0.717, 1.165) is 18.5 Å². The molecule has 1 amide bonds. The Morgan fingerprint density at radius 2 is 2.28 bits per heavy atom. The van der Waals surface area contributed by atoms with Gasteiger partial charge in [0.25, 0.3) is 0 Å². The lowest BCUT2D eigenvalue weighted by Gasteiger charge is -2.17. The first-order chi connectivity index (χ1) is 8.58. The van der Waals surface area contributed by atoms with Gasteiger partial charge >= 0.3 is 0 Å². The van der Waals surface area contributed by atoms with Crippen LogP contribution < -0.4 is 16.8 Å². The third kappa shape index (κ3) is 3.76. The SMILES string of the molecule is CCCCC(Nc1ccc(N)c(C=N)c1)C(N)=O. The van der Waals surface area contributed by atoms with Gasteiger partial charge in [-0.15, -0.1) is 0 Å². The number of amides is 1. The van der Waals surface area contributed by atoms with E-state index in [1.165, 1.54) is 6.21 Å². The summed E-state index contributed by atoms with van der Waals surface area (Å²) < 4.78 is 0. The first kappa shape index (κ1) is 14.0. The highest BCUT2D eigenvalue weighted by molar-refractivity contribution is 5.88. The van der Waals surface area contributed by atoms with Gasteiger partial charge in [-0.2, -0.15) is 0 Å². The van der Waals surface area contributed by atoms with Crippen molar-refractivity contribution in [2.75, 3.05) is 11.1 Å². The van der Waals surface area contributed by atoms with Crippen molar-refractivity contribution in [2.45, 2.75) is 32.2 Å². The summed E-state index contributed by atoms with van der Waals surface area (Å²) in [5.74, 6) is -0.364. The summed E-state index contributed by atoms with van der Waals surface area (Å²) in [4.78, 5) is 11.3. The largest absolute Gasteiger partial charge is 0.398 e. The lowest BCUT2D eigenvalue weighted by Crippen LogP contribution is -2.35. The minimum absolute atomic E-state index is 0.364. The summed E-state index contributed by atoms with van der Waals surface area (Å²) in [6.07, 6.45) is 3.84. The van der Waals surface area contributed by atoms with E-state index < -0.39 is 0 Å². The van der Waals surface area contributed by atoms with Crippen molar-refractivity contribution in [3.63, 3.8) is 0 Å². The molecule has 0 fully saturated rings. The molecular formula is C13H20N4O. The van der Waals surface area contributed by atoms with Gasteiger partial charge in [0.15, 0.2) is 0 Å². The lowest BCUT2D eigenvalue weighted by molar-refractivity contribution is -0.118. The summed E-state index contributed by atoms with van der Waals surface area (Å²) >= 11 is 0. The molecule has 0 heterocycles. The summed E-state index contributed by atoms with van der Waals surface area (Å²) in [5, 5.41) is 10.3. The molecule has 18 heavy (non-hydrogen) atoms. The summed E-state index contributed by atoms with van der Waals surface area (Å²) in [5.41, 5.74) is 13.0. The van der Waals surface area contributed by atoms with Crippen molar-refractivity contribution in [1.29, 1.82) is 5.41 Å². The van der Waals surface area contributed by atoms with Crippen LogP contribution >= 0.6 is 0 Å². The van der Waals surface area contributed by atoms with Crippen LogP contribution in [0.2, 0.25) is 0 Å². The smallest absolute Gasteiger partial charge is 0.239 e. The van der Waals surface area contributed by atoms with Crippen molar-refractivity contribution < 1.29 is 4.79 Å². The third-order valence-corrected chi connectivity index (χ3v) is 2.77. The minimum Gasteiger partial charge on any atom is -0.398 e. The molecule has 0 spiro atoms. The molecule has 1 atom stereocenters. The molecule has 0 saturated carbocycles. The van der Waals surface area contributed by atoms with Crippen LogP contribution in [-0.4, -0.2) is 18.2 Å². The van der Waals surface area contributed by atoms with E-state index in [4.69, 9.17) is 16.9 Å². The maximum absolute atomic E-state index is 11.3. The van der Waals surface area contributed by atoms with Crippen LogP contribution in [0.25, 0.3) is 0 Å². The number of nitrogens with one attached hydrogen (secondary N) is 2. The second kappa shape index (κ2) is 6.64. The Balaban J connectivity index is 2.80. The molecule has 0 saturated heterocycles. The van der Waals surface area contributed by atoms with Crippen molar-refractivity contribution in [2.24, 2.45) is 5.73 Å². The Bertz CT molecular complexity index is 431. The fourth-order valence-corrected chi connectivity index (χ4v) is 1.68. The van der Waals surface area contributed by atoms with E-state index in [1.807, 2.05) is 0 Å². The van der Waals surface area contributed by atoms with Gasteiger partial charge in [0.2, 0.25) is 5.91 Å². The number of hydrogen-bond acceptors (Lipinski definition) is 4. The zero-order chi connectivity index (χ0) is 13.5. The van der Waals surface area contributed by atoms with Gasteiger partial charge in [0.1, 0.15) is 6.04 Å². The highest BCUT2D eigenvalue weighted by atomic mass is 16.1. The second-order valence-electron chi connectivity index (χ2n) is 4.23. The highest BCUT2D eigenvalue weighted by Crippen LogP contribution is 2.18. The van der Waals surface area contributed by atoms with Gasteiger partial charge < -0.3 is 22.2 Å². The van der Waals surface area contributed by atoms with Gasteiger partial charge in [-0.1, -0.05) is 19.8 Å². The number of carbonyl (C=O) groups excluding carboxylic acids is 1. The monoisotopic (exact) mass is 248 g/mol. The van der Waals surface area contributed by atoms with Crippen LogP contribution in [0.1, 0.15) is 31.7 Å². The number of anilines is 2. The standard InChI is InChI=1S/C13H20N4O/c1-2-3-4-12(13(16)18)17-10-5-6-11(15)9(7-10)8-14/h5-8,12,14,17H,2-4,15H2,1H3,(H2,16,18).